The van der Waals surface area contributed by atoms with Crippen LogP contribution in [0.1, 0.15) is 31.1 Å². The molecule has 0 saturated heterocycles. The molecule has 1 unspecified atom stereocenters. The molecule has 0 aliphatic heterocycles. The third kappa shape index (κ3) is 1.66. The van der Waals surface area contributed by atoms with Gasteiger partial charge in [0.1, 0.15) is 6.07 Å². The topological polar surface area (TPSA) is 65.6 Å². The van der Waals surface area contributed by atoms with E-state index in [0.717, 1.165) is 5.69 Å². The Balaban J connectivity index is 2.83. The third-order valence-electron chi connectivity index (χ3n) is 1.91. The number of aromatic nitrogens is 1. The van der Waals surface area contributed by atoms with Crippen LogP contribution in [0.25, 0.3) is 0 Å². The van der Waals surface area contributed by atoms with Crippen LogP contribution in [-0.4, -0.2) is 4.98 Å². The first-order valence-electron chi connectivity index (χ1n) is 3.99. The summed E-state index contributed by atoms with van der Waals surface area (Å²) in [6, 6.07) is 3.84. The minimum Gasteiger partial charge on any atom is -0.362 e. The van der Waals surface area contributed by atoms with Crippen LogP contribution in [0.2, 0.25) is 0 Å². The second-order valence-electron chi connectivity index (χ2n) is 3.23. The second kappa shape index (κ2) is 3.42. The number of nitriles is 1. The van der Waals surface area contributed by atoms with E-state index in [1.807, 2.05) is 0 Å². The van der Waals surface area contributed by atoms with Crippen molar-refractivity contribution in [1.29, 1.82) is 5.26 Å². The van der Waals surface area contributed by atoms with E-state index in [1.54, 1.807) is 12.3 Å². The molecule has 0 aliphatic rings. The van der Waals surface area contributed by atoms with Gasteiger partial charge in [0, 0.05) is 17.9 Å². The number of rotatable bonds is 2. The Labute approximate surface area is 72.2 Å². The van der Waals surface area contributed by atoms with Crippen LogP contribution in [0.15, 0.2) is 12.3 Å². The molecule has 0 fully saturated rings. The van der Waals surface area contributed by atoms with Gasteiger partial charge in [-0.25, -0.2) is 0 Å². The maximum Gasteiger partial charge on any atom is 0.101 e. The zero-order valence-corrected chi connectivity index (χ0v) is 7.33. The fourth-order valence-electron chi connectivity index (χ4n) is 1.03. The van der Waals surface area contributed by atoms with Crippen molar-refractivity contribution in [1.82, 2.24) is 4.98 Å². The molecule has 0 amide bonds. The molecule has 0 aliphatic carbocycles. The highest BCUT2D eigenvalue weighted by Gasteiger charge is 2.11. The van der Waals surface area contributed by atoms with Crippen molar-refractivity contribution in [2.45, 2.75) is 19.9 Å². The number of hydrogen-bond acceptors (Lipinski definition) is 2. The lowest BCUT2D eigenvalue weighted by Gasteiger charge is -2.12. The quantitative estimate of drug-likeness (QED) is 0.694. The van der Waals surface area contributed by atoms with Gasteiger partial charge in [-0.1, -0.05) is 13.8 Å². The van der Waals surface area contributed by atoms with E-state index >= 15 is 0 Å². The molecule has 1 aromatic rings. The summed E-state index contributed by atoms with van der Waals surface area (Å²) in [7, 11) is 0. The van der Waals surface area contributed by atoms with Gasteiger partial charge in [-0.15, -0.1) is 0 Å². The molecule has 0 bridgehead atoms. The first kappa shape index (κ1) is 8.82. The van der Waals surface area contributed by atoms with E-state index in [1.165, 1.54) is 0 Å². The van der Waals surface area contributed by atoms with E-state index in [2.05, 4.69) is 24.9 Å². The van der Waals surface area contributed by atoms with Crippen molar-refractivity contribution >= 4 is 0 Å². The molecule has 0 saturated carbocycles. The van der Waals surface area contributed by atoms with Gasteiger partial charge in [-0.2, -0.15) is 5.26 Å². The van der Waals surface area contributed by atoms with Crippen LogP contribution >= 0.6 is 0 Å². The highest BCUT2D eigenvalue weighted by Crippen LogP contribution is 2.17. The standard InChI is InChI=1S/C9H13N3/c1-6(2)9(11)8-3-7(4-10)5-12-8/h3,5-6,9,12H,11H2,1-2H3. The van der Waals surface area contributed by atoms with Gasteiger partial charge in [0.25, 0.3) is 0 Å². The Kier molecular flexibility index (Phi) is 2.51. The molecule has 0 radical (unpaired) electrons. The number of nitrogens with two attached hydrogens (primary N) is 1. The SMILES string of the molecule is CC(C)C(N)c1cc(C#N)c[nH]1. The average molecular weight is 163 g/mol. The lowest BCUT2D eigenvalue weighted by Crippen LogP contribution is -2.16. The molecule has 1 aromatic heterocycles. The zero-order chi connectivity index (χ0) is 9.14. The molecule has 3 N–H and O–H groups in total. The zero-order valence-electron chi connectivity index (χ0n) is 7.33. The van der Waals surface area contributed by atoms with Gasteiger partial charge in [-0.05, 0) is 12.0 Å². The molecule has 3 heteroatoms. The van der Waals surface area contributed by atoms with E-state index in [0.29, 0.717) is 11.5 Å². The summed E-state index contributed by atoms with van der Waals surface area (Å²) in [5, 5.41) is 8.56. The fraction of sp³-hybridized carbons (Fsp3) is 0.444. The second-order valence-corrected chi connectivity index (χ2v) is 3.23. The van der Waals surface area contributed by atoms with E-state index in [-0.39, 0.29) is 6.04 Å². The largest absolute Gasteiger partial charge is 0.362 e. The lowest BCUT2D eigenvalue weighted by atomic mass is 10.0. The normalized spacial score (nSPS) is 12.9. The number of H-pyrrole nitrogens is 1. The van der Waals surface area contributed by atoms with Crippen molar-refractivity contribution in [3.8, 4) is 6.07 Å². The number of nitrogens with zero attached hydrogens (tertiary/aromatic N) is 1. The maximum absolute atomic E-state index is 8.56. The average Bonchev–Trinajstić information content (AvgIpc) is 2.50. The van der Waals surface area contributed by atoms with Crippen molar-refractivity contribution in [3.63, 3.8) is 0 Å². The molecule has 64 valence electrons. The van der Waals surface area contributed by atoms with Crippen LogP contribution < -0.4 is 5.73 Å². The summed E-state index contributed by atoms with van der Waals surface area (Å²) >= 11 is 0. The van der Waals surface area contributed by atoms with Crippen LogP contribution in [0.4, 0.5) is 0 Å². The Bertz CT molecular complexity index is 293. The lowest BCUT2D eigenvalue weighted by molar-refractivity contribution is 0.505. The van der Waals surface area contributed by atoms with Gasteiger partial charge in [0.05, 0.1) is 5.56 Å². The molecule has 1 rings (SSSR count). The van der Waals surface area contributed by atoms with Crippen molar-refractivity contribution < 1.29 is 0 Å². The molecule has 1 atom stereocenters. The summed E-state index contributed by atoms with van der Waals surface area (Å²) in [6.45, 7) is 4.11. The summed E-state index contributed by atoms with van der Waals surface area (Å²) in [5.41, 5.74) is 7.44. The summed E-state index contributed by atoms with van der Waals surface area (Å²) in [5.74, 6) is 0.384. The molecular formula is C9H13N3. The number of hydrogen-bond donors (Lipinski definition) is 2. The van der Waals surface area contributed by atoms with Crippen LogP contribution in [0.3, 0.4) is 0 Å². The van der Waals surface area contributed by atoms with Gasteiger partial charge in [0.2, 0.25) is 0 Å². The van der Waals surface area contributed by atoms with Crippen molar-refractivity contribution in [2.75, 3.05) is 0 Å². The highest BCUT2D eigenvalue weighted by atomic mass is 14.8. The summed E-state index contributed by atoms with van der Waals surface area (Å²) in [4.78, 5) is 2.99. The number of nitrogens with one attached hydrogen (secondary N) is 1. The molecule has 3 nitrogen and oxygen atoms in total. The smallest absolute Gasteiger partial charge is 0.101 e. The van der Waals surface area contributed by atoms with Crippen LogP contribution in [0.5, 0.6) is 0 Å². The van der Waals surface area contributed by atoms with Gasteiger partial charge in [-0.3, -0.25) is 0 Å². The Morgan fingerprint density at radius 2 is 2.25 bits per heavy atom. The molecule has 12 heavy (non-hydrogen) atoms. The highest BCUT2D eigenvalue weighted by molar-refractivity contribution is 5.30. The molecule has 0 aromatic carbocycles. The maximum atomic E-state index is 8.56. The molecule has 0 spiro atoms. The van der Waals surface area contributed by atoms with Gasteiger partial charge < -0.3 is 10.7 Å². The van der Waals surface area contributed by atoms with Crippen molar-refractivity contribution in [3.05, 3.63) is 23.5 Å². The van der Waals surface area contributed by atoms with Gasteiger partial charge in [0.15, 0.2) is 0 Å². The van der Waals surface area contributed by atoms with E-state index in [9.17, 15) is 0 Å². The van der Waals surface area contributed by atoms with Crippen molar-refractivity contribution in [2.24, 2.45) is 11.7 Å². The molecule has 1 heterocycles. The number of aromatic amines is 1. The summed E-state index contributed by atoms with van der Waals surface area (Å²) < 4.78 is 0. The Morgan fingerprint density at radius 1 is 1.58 bits per heavy atom. The van der Waals surface area contributed by atoms with E-state index < -0.39 is 0 Å². The molecular weight excluding hydrogens is 150 g/mol. The minimum atomic E-state index is -0.00731. The van der Waals surface area contributed by atoms with Gasteiger partial charge >= 0.3 is 0 Å². The first-order valence-corrected chi connectivity index (χ1v) is 3.99. The summed E-state index contributed by atoms with van der Waals surface area (Å²) in [6.07, 6.45) is 1.68. The first-order chi connectivity index (χ1) is 5.65. The monoisotopic (exact) mass is 163 g/mol. The van der Waals surface area contributed by atoms with E-state index in [4.69, 9.17) is 11.0 Å². The minimum absolute atomic E-state index is 0.00731. The Hall–Kier alpha value is -1.27. The van der Waals surface area contributed by atoms with Crippen LogP contribution in [0, 0.1) is 17.2 Å². The van der Waals surface area contributed by atoms with Crippen LogP contribution in [-0.2, 0) is 0 Å². The Morgan fingerprint density at radius 3 is 2.67 bits per heavy atom. The predicted octanol–water partition coefficient (Wildman–Crippen LogP) is 1.54. The fourth-order valence-corrected chi connectivity index (χ4v) is 1.03. The third-order valence-corrected chi connectivity index (χ3v) is 1.91. The predicted molar refractivity (Wildman–Crippen MR) is 47.3 cm³/mol.